The van der Waals surface area contributed by atoms with Crippen LogP contribution in [0.2, 0.25) is 0 Å². The van der Waals surface area contributed by atoms with Crippen LogP contribution in [0, 0.1) is 0 Å². The smallest absolute Gasteiger partial charge is 1.00 e. The molecule has 1 rings (SSSR count). The van der Waals surface area contributed by atoms with Gasteiger partial charge < -0.3 is 17.2 Å². The van der Waals surface area contributed by atoms with Gasteiger partial charge in [0, 0.05) is 0 Å². The molecule has 5 heteroatoms. The Labute approximate surface area is 85.1 Å². The Balaban J connectivity index is -0.000000333. The maximum atomic E-state index is 8.40. The molecule has 58 valence electrons. The van der Waals surface area contributed by atoms with Gasteiger partial charge in [-0.25, -0.2) is 0 Å². The fraction of sp³-hybridized carbons (Fsp3) is 0. The third-order valence-corrected chi connectivity index (χ3v) is 1.30. The summed E-state index contributed by atoms with van der Waals surface area (Å²) in [5.74, 6) is 0.471. The van der Waals surface area contributed by atoms with Crippen LogP contribution in [0.5, 0.6) is 5.75 Å². The van der Waals surface area contributed by atoms with Gasteiger partial charge in [-0.2, -0.15) is 0 Å². The van der Waals surface area contributed by atoms with E-state index >= 15 is 0 Å². The van der Waals surface area contributed by atoms with E-state index in [9.17, 15) is 0 Å². The summed E-state index contributed by atoms with van der Waals surface area (Å²) in [6, 6.07) is 8.65. The van der Waals surface area contributed by atoms with Crippen molar-refractivity contribution in [2.45, 2.75) is 0 Å². The Morgan fingerprint density at radius 3 is 2.18 bits per heavy atom. The topological polar surface area (TPSA) is 49.7 Å². The van der Waals surface area contributed by atoms with Gasteiger partial charge in [0.25, 0.3) is 0 Å². The van der Waals surface area contributed by atoms with Gasteiger partial charge >= 0.3 is 31.7 Å². The number of benzene rings is 1. The molecule has 0 heterocycles. The molecular formula is C6H9MgO3P. The van der Waals surface area contributed by atoms with E-state index < -0.39 is 8.60 Å². The fourth-order valence-electron chi connectivity index (χ4n) is 0.576. The molecule has 0 unspecified atom stereocenters. The van der Waals surface area contributed by atoms with Crippen molar-refractivity contribution in [3.05, 3.63) is 30.3 Å². The summed E-state index contributed by atoms with van der Waals surface area (Å²) < 4.78 is 4.59. The molecule has 0 aliphatic heterocycles. The first-order valence-corrected chi connectivity index (χ1v) is 3.86. The molecule has 2 N–H and O–H groups in total. The van der Waals surface area contributed by atoms with Crippen molar-refractivity contribution >= 4 is 31.7 Å². The normalized spacial score (nSPS) is 9.00. The fourth-order valence-corrected chi connectivity index (χ4v) is 0.886. The minimum absolute atomic E-state index is 0. The van der Waals surface area contributed by atoms with Crippen molar-refractivity contribution in [1.29, 1.82) is 0 Å². The largest absolute Gasteiger partial charge is 2.00 e. The Morgan fingerprint density at radius 2 is 1.73 bits per heavy atom. The van der Waals surface area contributed by atoms with Gasteiger partial charge in [0.05, 0.1) is 0 Å². The van der Waals surface area contributed by atoms with Crippen LogP contribution in [0.1, 0.15) is 2.85 Å². The average molecular weight is 184 g/mol. The molecule has 1 aromatic rings. The van der Waals surface area contributed by atoms with E-state index in [2.05, 4.69) is 4.52 Å². The number of hydrogen-bond acceptors (Lipinski definition) is 3. The first kappa shape index (κ1) is 11.1. The Kier molecular flexibility index (Phi) is 5.82. The Morgan fingerprint density at radius 1 is 1.18 bits per heavy atom. The van der Waals surface area contributed by atoms with E-state index in [4.69, 9.17) is 9.79 Å². The third-order valence-electron chi connectivity index (χ3n) is 0.930. The second-order valence-corrected chi connectivity index (χ2v) is 2.35. The molecule has 0 amide bonds. The van der Waals surface area contributed by atoms with E-state index in [1.54, 1.807) is 24.3 Å². The van der Waals surface area contributed by atoms with Crippen LogP contribution in [0.3, 0.4) is 0 Å². The van der Waals surface area contributed by atoms with Crippen molar-refractivity contribution in [3.63, 3.8) is 0 Å². The summed E-state index contributed by atoms with van der Waals surface area (Å²) in [5.41, 5.74) is 0. The van der Waals surface area contributed by atoms with Gasteiger partial charge in [-0.05, 0) is 12.1 Å². The maximum absolute atomic E-state index is 8.40. The molecule has 0 spiro atoms. The second-order valence-electron chi connectivity index (χ2n) is 1.66. The van der Waals surface area contributed by atoms with Gasteiger partial charge in [-0.15, -0.1) is 0 Å². The van der Waals surface area contributed by atoms with E-state index in [1.165, 1.54) is 0 Å². The summed E-state index contributed by atoms with van der Waals surface area (Å²) >= 11 is 0. The molecule has 0 aromatic heterocycles. The van der Waals surface area contributed by atoms with Gasteiger partial charge in [0.2, 0.25) is 0 Å². The Hall–Kier alpha value is 0.136. The van der Waals surface area contributed by atoms with E-state index in [1.807, 2.05) is 6.07 Å². The zero-order valence-electron chi connectivity index (χ0n) is 7.84. The zero-order chi connectivity index (χ0) is 7.40. The van der Waals surface area contributed by atoms with E-state index in [0.717, 1.165) is 0 Å². The molecule has 0 bridgehead atoms. The molecule has 0 atom stereocenters. The van der Waals surface area contributed by atoms with Gasteiger partial charge in [0.1, 0.15) is 5.75 Å². The molecule has 0 saturated carbocycles. The van der Waals surface area contributed by atoms with E-state index in [-0.39, 0.29) is 25.9 Å². The van der Waals surface area contributed by atoms with Crippen LogP contribution >= 0.6 is 8.60 Å². The zero-order valence-corrected chi connectivity index (χ0v) is 8.15. The first-order valence-electron chi connectivity index (χ1n) is 2.70. The van der Waals surface area contributed by atoms with Crippen molar-refractivity contribution in [3.8, 4) is 5.75 Å². The molecule has 3 nitrogen and oxygen atoms in total. The third kappa shape index (κ3) is 4.56. The molecule has 1 aromatic carbocycles. The summed E-state index contributed by atoms with van der Waals surface area (Å²) in [5, 5.41) is 0. The quantitative estimate of drug-likeness (QED) is 0.535. The van der Waals surface area contributed by atoms with Gasteiger partial charge in [0.15, 0.2) is 0 Å². The predicted molar refractivity (Wildman–Crippen MR) is 46.4 cm³/mol. The summed E-state index contributed by atoms with van der Waals surface area (Å²) in [6.07, 6.45) is 0. The van der Waals surface area contributed by atoms with Crippen molar-refractivity contribution in [1.82, 2.24) is 0 Å². The van der Waals surface area contributed by atoms with Gasteiger partial charge in [-0.1, -0.05) is 18.2 Å². The SMILES string of the molecule is OP(O)Oc1ccccc1.[H-].[H-].[Mg+2]. The standard InChI is InChI=1S/C6H7O3P.Mg.2H/c7-10(8)9-6-4-2-1-3-5-6;;;/h1-5,7-8H;;;/q;+2;2*-1. The maximum Gasteiger partial charge on any atom is 2.00 e. The molecule has 0 radical (unpaired) electrons. The van der Waals surface area contributed by atoms with Crippen molar-refractivity contribution in [2.75, 3.05) is 0 Å². The summed E-state index contributed by atoms with van der Waals surface area (Å²) in [7, 11) is -2.28. The monoisotopic (exact) mass is 184 g/mol. The first-order chi connectivity index (χ1) is 4.79. The number of hydrogen-bond donors (Lipinski definition) is 2. The minimum Gasteiger partial charge on any atom is -1.00 e. The van der Waals surface area contributed by atoms with Crippen LogP contribution in [-0.2, 0) is 0 Å². The number of para-hydroxylation sites is 1. The Bertz CT molecular complexity index is 200. The molecule has 0 aliphatic rings. The molecule has 11 heavy (non-hydrogen) atoms. The van der Waals surface area contributed by atoms with Crippen LogP contribution in [0.25, 0.3) is 0 Å². The second kappa shape index (κ2) is 5.74. The predicted octanol–water partition coefficient (Wildman–Crippen LogP) is 1.12. The minimum atomic E-state index is -2.28. The van der Waals surface area contributed by atoms with E-state index in [0.29, 0.717) is 5.75 Å². The van der Waals surface area contributed by atoms with Gasteiger partial charge in [-0.3, -0.25) is 0 Å². The molecule has 0 saturated heterocycles. The van der Waals surface area contributed by atoms with Crippen LogP contribution < -0.4 is 4.52 Å². The van der Waals surface area contributed by atoms with Crippen LogP contribution in [-0.4, -0.2) is 32.8 Å². The summed E-state index contributed by atoms with van der Waals surface area (Å²) in [4.78, 5) is 16.8. The van der Waals surface area contributed by atoms with Crippen LogP contribution in [0.15, 0.2) is 30.3 Å². The molecular weight excluding hydrogens is 175 g/mol. The van der Waals surface area contributed by atoms with Crippen LogP contribution in [0.4, 0.5) is 0 Å². The van der Waals surface area contributed by atoms with Crippen molar-refractivity contribution < 1.29 is 17.2 Å². The molecule has 0 fully saturated rings. The number of rotatable bonds is 2. The molecule has 0 aliphatic carbocycles. The van der Waals surface area contributed by atoms with Crippen molar-refractivity contribution in [2.24, 2.45) is 0 Å². The summed E-state index contributed by atoms with van der Waals surface area (Å²) in [6.45, 7) is 0. The average Bonchev–Trinajstić information content (AvgIpc) is 1.88.